The Kier molecular flexibility index (Phi) is 5.69. The van der Waals surface area contributed by atoms with Gasteiger partial charge >= 0.3 is 0 Å². The van der Waals surface area contributed by atoms with Crippen LogP contribution >= 0.6 is 0 Å². The minimum atomic E-state index is -0.377. The molecular formula is C22H20N6O3. The van der Waals surface area contributed by atoms with E-state index in [0.29, 0.717) is 49.1 Å². The van der Waals surface area contributed by atoms with Gasteiger partial charge in [0.15, 0.2) is 5.76 Å². The summed E-state index contributed by atoms with van der Waals surface area (Å²) in [4.78, 5) is 20.9. The number of carbonyl (C=O) groups excluding carboxylic acids is 1. The number of hydrogen-bond acceptors (Lipinski definition) is 8. The van der Waals surface area contributed by atoms with Crippen molar-refractivity contribution in [1.82, 2.24) is 9.88 Å². The summed E-state index contributed by atoms with van der Waals surface area (Å²) < 4.78 is 11.1. The second kappa shape index (κ2) is 8.74. The minimum Gasteiger partial charge on any atom is -0.459 e. The Hall–Kier alpha value is -4.08. The number of hydrogen-bond donors (Lipinski definition) is 1. The molecule has 2 aromatic heterocycles. The van der Waals surface area contributed by atoms with E-state index in [2.05, 4.69) is 27.3 Å². The first-order chi connectivity index (χ1) is 15.1. The number of oxazole rings is 1. The number of benzene rings is 1. The van der Waals surface area contributed by atoms with E-state index in [9.17, 15) is 15.3 Å². The largest absolute Gasteiger partial charge is 0.459 e. The third kappa shape index (κ3) is 4.13. The topological polar surface area (TPSA) is 122 Å². The zero-order valence-electron chi connectivity index (χ0n) is 16.9. The van der Waals surface area contributed by atoms with Gasteiger partial charge in [-0.25, -0.2) is 0 Å². The Morgan fingerprint density at radius 3 is 2.58 bits per heavy atom. The molecule has 1 aliphatic heterocycles. The maximum Gasteiger partial charge on any atom is 0.266 e. The fourth-order valence-electron chi connectivity index (χ4n) is 3.51. The summed E-state index contributed by atoms with van der Waals surface area (Å²) in [5.74, 6) is 0.967. The molecule has 1 saturated heterocycles. The molecule has 0 saturated carbocycles. The number of rotatable bonds is 5. The fourth-order valence-corrected chi connectivity index (χ4v) is 3.51. The lowest BCUT2D eigenvalue weighted by Gasteiger charge is -2.37. The summed E-state index contributed by atoms with van der Waals surface area (Å²) in [5.41, 5.74) is 1.14. The zero-order chi connectivity index (χ0) is 21.8. The van der Waals surface area contributed by atoms with Gasteiger partial charge in [0.1, 0.15) is 12.1 Å². The Balaban J connectivity index is 1.40. The average molecular weight is 416 g/mol. The molecule has 1 aromatic carbocycles. The lowest BCUT2D eigenvalue weighted by molar-refractivity contribution is -0.120. The van der Waals surface area contributed by atoms with Crippen LogP contribution in [0.15, 0.2) is 51.5 Å². The van der Waals surface area contributed by atoms with E-state index in [-0.39, 0.29) is 23.5 Å². The second-order valence-corrected chi connectivity index (χ2v) is 7.11. The summed E-state index contributed by atoms with van der Waals surface area (Å²) in [6.07, 6.45) is 1.52. The maximum absolute atomic E-state index is 12.7. The molecular weight excluding hydrogens is 396 g/mol. The van der Waals surface area contributed by atoms with Crippen LogP contribution in [0, 0.1) is 22.7 Å². The number of nitrogens with one attached hydrogen (secondary N) is 1. The van der Waals surface area contributed by atoms with E-state index in [1.165, 1.54) is 6.26 Å². The maximum atomic E-state index is 12.7. The first-order valence-corrected chi connectivity index (χ1v) is 9.84. The van der Waals surface area contributed by atoms with Gasteiger partial charge in [-0.2, -0.15) is 15.5 Å². The molecule has 1 aliphatic rings. The van der Waals surface area contributed by atoms with Crippen molar-refractivity contribution < 1.29 is 13.6 Å². The van der Waals surface area contributed by atoms with Crippen molar-refractivity contribution in [3.05, 3.63) is 53.9 Å². The molecule has 156 valence electrons. The van der Waals surface area contributed by atoms with E-state index < -0.39 is 0 Å². The van der Waals surface area contributed by atoms with E-state index in [4.69, 9.17) is 8.83 Å². The molecule has 9 nitrogen and oxygen atoms in total. The monoisotopic (exact) mass is 416 g/mol. The second-order valence-electron chi connectivity index (χ2n) is 7.11. The first kappa shape index (κ1) is 20.2. The first-order valence-electron chi connectivity index (χ1n) is 9.84. The highest BCUT2D eigenvalue weighted by Gasteiger charge is 2.29. The van der Waals surface area contributed by atoms with Gasteiger partial charge in [-0.05, 0) is 31.2 Å². The van der Waals surface area contributed by atoms with Gasteiger partial charge in [0.2, 0.25) is 17.5 Å². The standard InChI is InChI=1S/C22H20N6O3/c1-15(20(29)25-17-6-3-2-5-16(17)13-23)27-8-10-28(11-9-27)22-18(14-24)26-21(31-22)19-7-4-12-30-19/h2-7,12,15H,8-11H2,1H3,(H,25,29). The van der Waals surface area contributed by atoms with Crippen molar-refractivity contribution in [2.24, 2.45) is 0 Å². The van der Waals surface area contributed by atoms with Crippen LogP contribution in [0.3, 0.4) is 0 Å². The molecule has 4 rings (SSSR count). The fraction of sp³-hybridized carbons (Fsp3) is 0.273. The highest BCUT2D eigenvalue weighted by atomic mass is 16.4. The molecule has 0 radical (unpaired) electrons. The van der Waals surface area contributed by atoms with Crippen LogP contribution in [0.4, 0.5) is 11.6 Å². The number of nitrogens with zero attached hydrogens (tertiary/aromatic N) is 5. The van der Waals surface area contributed by atoms with E-state index in [0.717, 1.165) is 0 Å². The number of furan rings is 1. The van der Waals surface area contributed by atoms with Gasteiger partial charge in [0, 0.05) is 26.2 Å². The molecule has 0 bridgehead atoms. The molecule has 1 N–H and O–H groups in total. The summed E-state index contributed by atoms with van der Waals surface area (Å²) in [6.45, 7) is 4.21. The molecule has 3 heterocycles. The van der Waals surface area contributed by atoms with Crippen LogP contribution < -0.4 is 10.2 Å². The number of para-hydroxylation sites is 1. The molecule has 0 aliphatic carbocycles. The van der Waals surface area contributed by atoms with E-state index in [1.54, 1.807) is 36.4 Å². The molecule has 1 fully saturated rings. The Morgan fingerprint density at radius 2 is 1.90 bits per heavy atom. The van der Waals surface area contributed by atoms with Gasteiger partial charge in [0.25, 0.3) is 5.89 Å². The van der Waals surface area contributed by atoms with Gasteiger partial charge in [-0.3, -0.25) is 9.69 Å². The van der Waals surface area contributed by atoms with Crippen LogP contribution in [0.5, 0.6) is 0 Å². The molecule has 31 heavy (non-hydrogen) atoms. The molecule has 1 amide bonds. The predicted molar refractivity (Wildman–Crippen MR) is 112 cm³/mol. The zero-order valence-corrected chi connectivity index (χ0v) is 16.9. The quantitative estimate of drug-likeness (QED) is 0.674. The van der Waals surface area contributed by atoms with Crippen LogP contribution in [0.2, 0.25) is 0 Å². The molecule has 0 spiro atoms. The van der Waals surface area contributed by atoms with Gasteiger partial charge in [0.05, 0.1) is 23.6 Å². The van der Waals surface area contributed by atoms with Crippen LogP contribution in [-0.2, 0) is 4.79 Å². The molecule has 1 unspecified atom stereocenters. The molecule has 1 atom stereocenters. The summed E-state index contributed by atoms with van der Waals surface area (Å²) in [5, 5.41) is 21.5. The third-order valence-electron chi connectivity index (χ3n) is 5.28. The number of anilines is 2. The molecule has 3 aromatic rings. The van der Waals surface area contributed by atoms with Crippen molar-refractivity contribution in [3.63, 3.8) is 0 Å². The van der Waals surface area contributed by atoms with Crippen LogP contribution in [0.25, 0.3) is 11.7 Å². The number of carbonyl (C=O) groups is 1. The van der Waals surface area contributed by atoms with Gasteiger partial charge < -0.3 is 19.1 Å². The Bertz CT molecular complexity index is 1150. The highest BCUT2D eigenvalue weighted by molar-refractivity contribution is 5.95. The summed E-state index contributed by atoms with van der Waals surface area (Å²) in [7, 11) is 0. The van der Waals surface area contributed by atoms with E-state index >= 15 is 0 Å². The summed E-state index contributed by atoms with van der Waals surface area (Å²) in [6, 6.07) is 14.1. The minimum absolute atomic E-state index is 0.173. The van der Waals surface area contributed by atoms with Crippen LogP contribution in [0.1, 0.15) is 18.2 Å². The van der Waals surface area contributed by atoms with Crippen molar-refractivity contribution in [2.45, 2.75) is 13.0 Å². The van der Waals surface area contributed by atoms with Crippen molar-refractivity contribution >= 4 is 17.5 Å². The Morgan fingerprint density at radius 1 is 1.13 bits per heavy atom. The lowest BCUT2D eigenvalue weighted by Crippen LogP contribution is -2.53. The number of aromatic nitrogens is 1. The lowest BCUT2D eigenvalue weighted by atomic mass is 10.1. The number of amides is 1. The van der Waals surface area contributed by atoms with Crippen molar-refractivity contribution in [2.75, 3.05) is 36.4 Å². The van der Waals surface area contributed by atoms with Crippen LogP contribution in [-0.4, -0.2) is 48.0 Å². The Labute approximate surface area is 179 Å². The SMILES string of the molecule is CC(C(=O)Nc1ccccc1C#N)N1CCN(c2oc(-c3ccco3)nc2C#N)CC1. The average Bonchev–Trinajstić information content (AvgIpc) is 3.49. The number of piperazine rings is 1. The molecule has 9 heteroatoms. The normalized spacial score (nSPS) is 15.1. The highest BCUT2D eigenvalue weighted by Crippen LogP contribution is 2.29. The van der Waals surface area contributed by atoms with E-state index in [1.807, 2.05) is 11.8 Å². The summed E-state index contributed by atoms with van der Waals surface area (Å²) >= 11 is 0. The van der Waals surface area contributed by atoms with Crippen molar-refractivity contribution in [3.8, 4) is 23.8 Å². The predicted octanol–water partition coefficient (Wildman–Crippen LogP) is 2.83. The van der Waals surface area contributed by atoms with Crippen molar-refractivity contribution in [1.29, 1.82) is 10.5 Å². The van der Waals surface area contributed by atoms with Gasteiger partial charge in [-0.15, -0.1) is 0 Å². The number of nitriles is 2. The van der Waals surface area contributed by atoms with Gasteiger partial charge in [-0.1, -0.05) is 12.1 Å². The third-order valence-corrected chi connectivity index (χ3v) is 5.28. The smallest absolute Gasteiger partial charge is 0.266 e.